The summed E-state index contributed by atoms with van der Waals surface area (Å²) in [6.45, 7) is 2.60. The van der Waals surface area contributed by atoms with Gasteiger partial charge in [-0.2, -0.15) is 0 Å². The van der Waals surface area contributed by atoms with Crippen molar-refractivity contribution in [2.24, 2.45) is 0 Å². The van der Waals surface area contributed by atoms with Crippen molar-refractivity contribution in [1.82, 2.24) is 4.90 Å². The molecular formula is C15H21NO3. The van der Waals surface area contributed by atoms with Crippen LogP contribution in [0.4, 0.5) is 0 Å². The lowest BCUT2D eigenvalue weighted by molar-refractivity contribution is -0.130. The number of benzene rings is 1. The standard InChI is InChI=1S/C15H21NO3/c1-2-11-3-5-12(6-4-11)7-8-15(19)16-9-13(17)14(18)10-16/h3-6,13-14,17-18H,2,7-10H2,1H3/t13-,14+. The van der Waals surface area contributed by atoms with Gasteiger partial charge in [-0.15, -0.1) is 0 Å². The Hall–Kier alpha value is -1.39. The van der Waals surface area contributed by atoms with Crippen molar-refractivity contribution in [2.45, 2.75) is 38.4 Å². The van der Waals surface area contributed by atoms with Crippen molar-refractivity contribution >= 4 is 5.91 Å². The van der Waals surface area contributed by atoms with Crippen LogP contribution in [0.15, 0.2) is 24.3 Å². The molecule has 0 radical (unpaired) electrons. The summed E-state index contributed by atoms with van der Waals surface area (Å²) in [5, 5.41) is 18.8. The summed E-state index contributed by atoms with van der Waals surface area (Å²) in [6.07, 6.45) is 0.541. The minimum atomic E-state index is -0.798. The monoisotopic (exact) mass is 263 g/mol. The zero-order chi connectivity index (χ0) is 13.8. The highest BCUT2D eigenvalue weighted by Gasteiger charge is 2.31. The fourth-order valence-electron chi connectivity index (χ4n) is 2.32. The van der Waals surface area contributed by atoms with Crippen molar-refractivity contribution in [1.29, 1.82) is 0 Å². The number of hydrogen-bond donors (Lipinski definition) is 2. The average molecular weight is 263 g/mol. The highest BCUT2D eigenvalue weighted by molar-refractivity contribution is 5.76. The molecule has 0 bridgehead atoms. The Balaban J connectivity index is 1.83. The molecule has 1 fully saturated rings. The molecule has 4 heteroatoms. The molecule has 2 rings (SSSR count). The van der Waals surface area contributed by atoms with Crippen LogP contribution in [0.25, 0.3) is 0 Å². The van der Waals surface area contributed by atoms with Crippen LogP contribution in [-0.4, -0.2) is 46.3 Å². The first-order valence-corrected chi connectivity index (χ1v) is 6.82. The lowest BCUT2D eigenvalue weighted by Crippen LogP contribution is -2.29. The Labute approximate surface area is 113 Å². The molecule has 0 saturated carbocycles. The number of aliphatic hydroxyl groups excluding tert-OH is 2. The summed E-state index contributed by atoms with van der Waals surface area (Å²) < 4.78 is 0. The highest BCUT2D eigenvalue weighted by Crippen LogP contribution is 2.13. The van der Waals surface area contributed by atoms with Crippen LogP contribution in [0.3, 0.4) is 0 Å². The average Bonchev–Trinajstić information content (AvgIpc) is 2.77. The molecule has 0 spiro atoms. The first-order chi connectivity index (χ1) is 9.10. The largest absolute Gasteiger partial charge is 0.388 e. The third-order valence-corrected chi connectivity index (χ3v) is 3.67. The van der Waals surface area contributed by atoms with Gasteiger partial charge >= 0.3 is 0 Å². The molecular weight excluding hydrogens is 242 g/mol. The number of aryl methyl sites for hydroxylation is 2. The molecule has 1 heterocycles. The fraction of sp³-hybridized carbons (Fsp3) is 0.533. The SMILES string of the molecule is CCc1ccc(CCC(=O)N2C[C@@H](O)[C@@H](O)C2)cc1. The highest BCUT2D eigenvalue weighted by atomic mass is 16.3. The second kappa shape index (κ2) is 6.17. The molecule has 1 aromatic rings. The minimum Gasteiger partial charge on any atom is -0.388 e. The van der Waals surface area contributed by atoms with E-state index in [2.05, 4.69) is 31.2 Å². The molecule has 0 aromatic heterocycles. The van der Waals surface area contributed by atoms with E-state index in [-0.39, 0.29) is 19.0 Å². The van der Waals surface area contributed by atoms with Crippen LogP contribution < -0.4 is 0 Å². The Morgan fingerprint density at radius 1 is 1.16 bits per heavy atom. The van der Waals surface area contributed by atoms with Gasteiger partial charge in [0.25, 0.3) is 0 Å². The second-order valence-corrected chi connectivity index (χ2v) is 5.10. The predicted octanol–water partition coefficient (Wildman–Crippen LogP) is 0.746. The van der Waals surface area contributed by atoms with Gasteiger partial charge in [-0.05, 0) is 24.0 Å². The molecule has 1 aliphatic rings. The van der Waals surface area contributed by atoms with Gasteiger partial charge in [-0.1, -0.05) is 31.2 Å². The van der Waals surface area contributed by atoms with Gasteiger partial charge in [-0.3, -0.25) is 4.79 Å². The van der Waals surface area contributed by atoms with Gasteiger partial charge in [0.15, 0.2) is 0 Å². The van der Waals surface area contributed by atoms with Crippen LogP contribution in [0, 0.1) is 0 Å². The number of β-amino-alcohol motifs (C(OH)–C–C–N with tert-alkyl or cyclic N) is 2. The van der Waals surface area contributed by atoms with E-state index in [0.29, 0.717) is 12.8 Å². The zero-order valence-electron chi connectivity index (χ0n) is 11.2. The number of aliphatic hydroxyl groups is 2. The number of carbonyl (C=O) groups excluding carboxylic acids is 1. The third kappa shape index (κ3) is 3.55. The molecule has 1 aliphatic heterocycles. The topological polar surface area (TPSA) is 60.8 Å². The van der Waals surface area contributed by atoms with Crippen LogP contribution in [0.2, 0.25) is 0 Å². The molecule has 2 N–H and O–H groups in total. The Bertz CT molecular complexity index is 420. The van der Waals surface area contributed by atoms with Crippen molar-refractivity contribution < 1.29 is 15.0 Å². The fourth-order valence-corrected chi connectivity index (χ4v) is 2.32. The maximum Gasteiger partial charge on any atom is 0.223 e. The van der Waals surface area contributed by atoms with Crippen molar-refractivity contribution in [2.75, 3.05) is 13.1 Å². The number of hydrogen-bond acceptors (Lipinski definition) is 3. The van der Waals surface area contributed by atoms with Crippen LogP contribution in [0.5, 0.6) is 0 Å². The van der Waals surface area contributed by atoms with E-state index in [0.717, 1.165) is 12.0 Å². The Kier molecular flexibility index (Phi) is 4.56. The number of rotatable bonds is 4. The number of carbonyl (C=O) groups is 1. The van der Waals surface area contributed by atoms with Gasteiger partial charge in [0, 0.05) is 19.5 Å². The summed E-state index contributed by atoms with van der Waals surface area (Å²) >= 11 is 0. The molecule has 0 aliphatic carbocycles. The molecule has 1 saturated heterocycles. The predicted molar refractivity (Wildman–Crippen MR) is 72.7 cm³/mol. The first-order valence-electron chi connectivity index (χ1n) is 6.82. The molecule has 19 heavy (non-hydrogen) atoms. The van der Waals surface area contributed by atoms with E-state index >= 15 is 0 Å². The van der Waals surface area contributed by atoms with E-state index in [1.165, 1.54) is 10.5 Å². The quantitative estimate of drug-likeness (QED) is 0.842. The maximum absolute atomic E-state index is 11.9. The van der Waals surface area contributed by atoms with Crippen LogP contribution in [0.1, 0.15) is 24.5 Å². The van der Waals surface area contributed by atoms with Crippen molar-refractivity contribution in [3.05, 3.63) is 35.4 Å². The lowest BCUT2D eigenvalue weighted by Gasteiger charge is -2.15. The van der Waals surface area contributed by atoms with Gasteiger partial charge in [0.2, 0.25) is 5.91 Å². The third-order valence-electron chi connectivity index (χ3n) is 3.67. The lowest BCUT2D eigenvalue weighted by atomic mass is 10.1. The van der Waals surface area contributed by atoms with Crippen molar-refractivity contribution in [3.63, 3.8) is 0 Å². The summed E-state index contributed by atoms with van der Waals surface area (Å²) in [7, 11) is 0. The van der Waals surface area contributed by atoms with Gasteiger partial charge < -0.3 is 15.1 Å². The first kappa shape index (κ1) is 14.0. The minimum absolute atomic E-state index is 0.00447. The van der Waals surface area contributed by atoms with Crippen molar-refractivity contribution in [3.8, 4) is 0 Å². The molecule has 0 unspecified atom stereocenters. The summed E-state index contributed by atoms with van der Waals surface area (Å²) in [5.74, 6) is -0.00447. The maximum atomic E-state index is 11.9. The summed E-state index contributed by atoms with van der Waals surface area (Å²) in [4.78, 5) is 13.5. The Morgan fingerprint density at radius 2 is 1.68 bits per heavy atom. The second-order valence-electron chi connectivity index (χ2n) is 5.10. The van der Waals surface area contributed by atoms with Crippen LogP contribution >= 0.6 is 0 Å². The smallest absolute Gasteiger partial charge is 0.223 e. The Morgan fingerprint density at radius 3 is 2.21 bits per heavy atom. The summed E-state index contributed by atoms with van der Waals surface area (Å²) in [6, 6.07) is 8.28. The van der Waals surface area contributed by atoms with E-state index in [4.69, 9.17) is 0 Å². The number of amides is 1. The van der Waals surface area contributed by atoms with E-state index < -0.39 is 12.2 Å². The van der Waals surface area contributed by atoms with E-state index in [1.54, 1.807) is 0 Å². The molecule has 2 atom stereocenters. The normalized spacial score (nSPS) is 22.8. The molecule has 104 valence electrons. The van der Waals surface area contributed by atoms with Crippen LogP contribution in [-0.2, 0) is 17.6 Å². The number of likely N-dealkylation sites (tertiary alicyclic amines) is 1. The van der Waals surface area contributed by atoms with Gasteiger partial charge in [0.05, 0.1) is 12.2 Å². The molecule has 1 amide bonds. The molecule has 4 nitrogen and oxygen atoms in total. The summed E-state index contributed by atoms with van der Waals surface area (Å²) in [5.41, 5.74) is 2.44. The van der Waals surface area contributed by atoms with E-state index in [9.17, 15) is 15.0 Å². The number of nitrogens with zero attached hydrogens (tertiary/aromatic N) is 1. The van der Waals surface area contributed by atoms with Gasteiger partial charge in [0.1, 0.15) is 0 Å². The van der Waals surface area contributed by atoms with E-state index in [1.807, 2.05) is 0 Å². The molecule has 1 aromatic carbocycles. The zero-order valence-corrected chi connectivity index (χ0v) is 11.2. The van der Waals surface area contributed by atoms with Gasteiger partial charge in [-0.25, -0.2) is 0 Å².